The van der Waals surface area contributed by atoms with Gasteiger partial charge >= 0.3 is 0 Å². The molecule has 0 radical (unpaired) electrons. The molecule has 0 spiro atoms. The Morgan fingerprint density at radius 3 is 3.05 bits per heavy atom. The second-order valence-corrected chi connectivity index (χ2v) is 5.53. The molecule has 1 aliphatic heterocycles. The third-order valence-electron chi connectivity index (χ3n) is 4.18. The van der Waals surface area contributed by atoms with Crippen molar-refractivity contribution in [2.24, 2.45) is 0 Å². The van der Waals surface area contributed by atoms with Crippen molar-refractivity contribution in [3.8, 4) is 0 Å². The molecule has 0 fully saturated rings. The van der Waals surface area contributed by atoms with Crippen molar-refractivity contribution in [1.82, 2.24) is 9.97 Å². The van der Waals surface area contributed by atoms with E-state index in [1.807, 2.05) is 0 Å². The van der Waals surface area contributed by atoms with E-state index in [0.717, 1.165) is 37.3 Å². The molecule has 102 valence electrons. The van der Waals surface area contributed by atoms with E-state index in [1.54, 1.807) is 6.33 Å². The van der Waals surface area contributed by atoms with E-state index in [-0.39, 0.29) is 0 Å². The summed E-state index contributed by atoms with van der Waals surface area (Å²) >= 11 is 0. The van der Waals surface area contributed by atoms with Gasteiger partial charge in [0.1, 0.15) is 12.1 Å². The van der Waals surface area contributed by atoms with Gasteiger partial charge in [-0.2, -0.15) is 0 Å². The fraction of sp³-hybridized carbons (Fsp3) is 0.375. The summed E-state index contributed by atoms with van der Waals surface area (Å²) in [5.74, 6) is 0.983. The molecule has 20 heavy (non-hydrogen) atoms. The van der Waals surface area contributed by atoms with Crippen LogP contribution in [0.4, 0.5) is 17.2 Å². The molecule has 1 aromatic carbocycles. The Labute approximate surface area is 118 Å². The highest BCUT2D eigenvalue weighted by molar-refractivity contribution is 5.66. The first kappa shape index (κ1) is 11.7. The topological polar surface area (TPSA) is 49.8 Å². The van der Waals surface area contributed by atoms with Crippen LogP contribution in [0.5, 0.6) is 0 Å². The quantitative estimate of drug-likeness (QED) is 0.877. The summed E-state index contributed by atoms with van der Waals surface area (Å²) in [6.07, 6.45) is 7.40. The normalized spacial score (nSPS) is 16.2. The van der Waals surface area contributed by atoms with Gasteiger partial charge in [-0.05, 0) is 55.9 Å². The molecule has 4 rings (SSSR count). The fourth-order valence-corrected chi connectivity index (χ4v) is 3.16. The van der Waals surface area contributed by atoms with Gasteiger partial charge in [0.05, 0.1) is 0 Å². The Balaban J connectivity index is 1.65. The van der Waals surface area contributed by atoms with Crippen LogP contribution in [0.15, 0.2) is 24.5 Å². The number of benzene rings is 1. The molecule has 0 saturated heterocycles. The monoisotopic (exact) mass is 266 g/mol. The minimum Gasteiger partial charge on any atom is -0.385 e. The molecule has 4 nitrogen and oxygen atoms in total. The van der Waals surface area contributed by atoms with Crippen LogP contribution in [-0.4, -0.2) is 16.5 Å². The van der Waals surface area contributed by atoms with Crippen LogP contribution >= 0.6 is 0 Å². The van der Waals surface area contributed by atoms with Crippen LogP contribution < -0.4 is 10.6 Å². The highest BCUT2D eigenvalue weighted by Gasteiger charge is 2.17. The number of hydrogen-bond donors (Lipinski definition) is 2. The van der Waals surface area contributed by atoms with Crippen molar-refractivity contribution in [1.29, 1.82) is 0 Å². The summed E-state index contributed by atoms with van der Waals surface area (Å²) in [4.78, 5) is 8.79. The van der Waals surface area contributed by atoms with Crippen LogP contribution in [0.1, 0.15) is 29.7 Å². The molecule has 2 aliphatic rings. The molecule has 1 aromatic heterocycles. The summed E-state index contributed by atoms with van der Waals surface area (Å²) in [6, 6.07) is 6.53. The summed E-state index contributed by atoms with van der Waals surface area (Å²) in [6.45, 7) is 1.08. The van der Waals surface area contributed by atoms with Gasteiger partial charge in [-0.3, -0.25) is 0 Å². The van der Waals surface area contributed by atoms with E-state index < -0.39 is 0 Å². The maximum Gasteiger partial charge on any atom is 0.137 e. The molecule has 4 heteroatoms. The first-order chi connectivity index (χ1) is 9.90. The molecular formula is C16H18N4. The summed E-state index contributed by atoms with van der Waals surface area (Å²) in [7, 11) is 0. The lowest BCUT2D eigenvalue weighted by Crippen LogP contribution is -2.11. The zero-order valence-corrected chi connectivity index (χ0v) is 11.4. The standard InChI is InChI=1S/C16H18N4/c1-4-13-15(5-1)18-10-19-16(13)20-12-6-7-14-11(9-12)3-2-8-17-14/h6-7,9-10,17H,1-5,8H2,(H,18,19,20). The van der Waals surface area contributed by atoms with E-state index in [2.05, 4.69) is 38.8 Å². The average Bonchev–Trinajstić information content (AvgIpc) is 2.97. The van der Waals surface area contributed by atoms with E-state index in [0.29, 0.717) is 0 Å². The number of anilines is 3. The average molecular weight is 266 g/mol. The number of nitrogens with zero attached hydrogens (tertiary/aromatic N) is 2. The largest absolute Gasteiger partial charge is 0.385 e. The molecule has 0 unspecified atom stereocenters. The first-order valence-corrected chi connectivity index (χ1v) is 7.37. The van der Waals surface area contributed by atoms with Gasteiger partial charge in [-0.25, -0.2) is 9.97 Å². The Hall–Kier alpha value is -2.10. The van der Waals surface area contributed by atoms with E-state index >= 15 is 0 Å². The first-order valence-electron chi connectivity index (χ1n) is 7.37. The van der Waals surface area contributed by atoms with Crippen molar-refractivity contribution in [2.45, 2.75) is 32.1 Å². The fourth-order valence-electron chi connectivity index (χ4n) is 3.16. The molecule has 2 heterocycles. The Bertz CT molecular complexity index is 651. The minimum atomic E-state index is 0.983. The van der Waals surface area contributed by atoms with E-state index in [9.17, 15) is 0 Å². The van der Waals surface area contributed by atoms with Gasteiger partial charge in [0, 0.05) is 29.2 Å². The number of rotatable bonds is 2. The third kappa shape index (κ3) is 2.01. The summed E-state index contributed by atoms with van der Waals surface area (Å²) < 4.78 is 0. The van der Waals surface area contributed by atoms with Crippen molar-refractivity contribution in [3.63, 3.8) is 0 Å². The van der Waals surface area contributed by atoms with Crippen molar-refractivity contribution < 1.29 is 0 Å². The maximum atomic E-state index is 4.42. The van der Waals surface area contributed by atoms with E-state index in [4.69, 9.17) is 0 Å². The lowest BCUT2D eigenvalue weighted by atomic mass is 10.0. The van der Waals surface area contributed by atoms with Gasteiger partial charge in [-0.1, -0.05) is 0 Å². The van der Waals surface area contributed by atoms with Crippen LogP contribution in [0.25, 0.3) is 0 Å². The minimum absolute atomic E-state index is 0.983. The highest BCUT2D eigenvalue weighted by atomic mass is 15.0. The molecule has 0 saturated carbocycles. The molecule has 1 aliphatic carbocycles. The molecular weight excluding hydrogens is 248 g/mol. The second kappa shape index (κ2) is 4.78. The third-order valence-corrected chi connectivity index (χ3v) is 4.18. The van der Waals surface area contributed by atoms with Crippen LogP contribution in [0.3, 0.4) is 0 Å². The SMILES string of the molecule is c1nc2c(c(Nc3ccc4c(c3)CCCN4)n1)CCC2. The van der Waals surface area contributed by atoms with Gasteiger partial charge < -0.3 is 10.6 Å². The number of hydrogen-bond acceptors (Lipinski definition) is 4. The van der Waals surface area contributed by atoms with Crippen molar-refractivity contribution >= 4 is 17.2 Å². The van der Waals surface area contributed by atoms with Gasteiger partial charge in [-0.15, -0.1) is 0 Å². The predicted octanol–water partition coefficient (Wildman–Crippen LogP) is 3.07. The Morgan fingerprint density at radius 1 is 1.05 bits per heavy atom. The zero-order valence-electron chi connectivity index (χ0n) is 11.4. The smallest absolute Gasteiger partial charge is 0.137 e. The lowest BCUT2D eigenvalue weighted by Gasteiger charge is -2.19. The molecule has 0 atom stereocenters. The van der Waals surface area contributed by atoms with Crippen molar-refractivity contribution in [3.05, 3.63) is 41.3 Å². The van der Waals surface area contributed by atoms with Crippen molar-refractivity contribution in [2.75, 3.05) is 17.2 Å². The van der Waals surface area contributed by atoms with E-state index in [1.165, 1.54) is 35.3 Å². The summed E-state index contributed by atoms with van der Waals surface area (Å²) in [5.41, 5.74) is 6.30. The number of aromatic nitrogens is 2. The lowest BCUT2D eigenvalue weighted by molar-refractivity contribution is 0.830. The second-order valence-electron chi connectivity index (χ2n) is 5.53. The molecule has 2 aromatic rings. The molecule has 0 bridgehead atoms. The van der Waals surface area contributed by atoms with Gasteiger partial charge in [0.2, 0.25) is 0 Å². The number of fused-ring (bicyclic) bond motifs is 2. The van der Waals surface area contributed by atoms with Crippen LogP contribution in [0.2, 0.25) is 0 Å². The Morgan fingerprint density at radius 2 is 2.05 bits per heavy atom. The number of nitrogens with one attached hydrogen (secondary N) is 2. The van der Waals surface area contributed by atoms with Crippen LogP contribution in [-0.2, 0) is 19.3 Å². The summed E-state index contributed by atoms with van der Waals surface area (Å²) in [5, 5.41) is 6.92. The molecule has 0 amide bonds. The highest BCUT2D eigenvalue weighted by Crippen LogP contribution is 2.30. The molecule has 2 N–H and O–H groups in total. The van der Waals surface area contributed by atoms with Crippen LogP contribution in [0, 0.1) is 0 Å². The van der Waals surface area contributed by atoms with Gasteiger partial charge in [0.25, 0.3) is 0 Å². The van der Waals surface area contributed by atoms with Gasteiger partial charge in [0.15, 0.2) is 0 Å². The predicted molar refractivity (Wildman–Crippen MR) is 80.6 cm³/mol. The Kier molecular flexibility index (Phi) is 2.80. The number of aryl methyl sites for hydroxylation is 2. The maximum absolute atomic E-state index is 4.42. The zero-order chi connectivity index (χ0) is 13.4.